The van der Waals surface area contributed by atoms with Gasteiger partial charge in [0, 0.05) is 69.7 Å². The molecule has 0 aliphatic carbocycles. The zero-order valence-electron chi connectivity index (χ0n) is 52.8. The third kappa shape index (κ3) is 151. The second-order valence-corrected chi connectivity index (χ2v) is 17.1. The minimum Gasteiger partial charge on any atom is -0.463 e. The van der Waals surface area contributed by atoms with Crippen molar-refractivity contribution in [2.24, 2.45) is 0 Å². The fourth-order valence-corrected chi connectivity index (χ4v) is 3.29. The van der Waals surface area contributed by atoms with Gasteiger partial charge in [-0.2, -0.15) is 0 Å². The number of rotatable bonds is 28. The number of aliphatic hydroxyl groups excluding tert-OH is 6. The Morgan fingerprint density at radius 2 is 0.526 bits per heavy atom. The van der Waals surface area contributed by atoms with Gasteiger partial charge >= 0.3 is 11.9 Å². The maximum absolute atomic E-state index is 11.1. The Bertz CT molecular complexity index is 922. The van der Waals surface area contributed by atoms with Gasteiger partial charge in [0.05, 0.1) is 127 Å². The molecule has 0 saturated carbocycles. The molecule has 468 valence electrons. The van der Waals surface area contributed by atoms with Gasteiger partial charge in [-0.25, -0.2) is 0 Å². The van der Waals surface area contributed by atoms with Gasteiger partial charge in [0.1, 0.15) is 0 Å². The highest BCUT2D eigenvalue weighted by molar-refractivity contribution is 5.70. The fraction of sp³-hybridized carbons (Fsp3) is 0.857. The van der Waals surface area contributed by atoms with E-state index < -0.39 is 18.3 Å². The molecule has 0 spiro atoms. The molecule has 0 heterocycles. The van der Waals surface area contributed by atoms with Gasteiger partial charge in [-0.3, -0.25) is 9.59 Å². The first kappa shape index (κ1) is 98.9. The number of ether oxygens (including phenoxy) is 12. The Morgan fingerprint density at radius 3 is 0.658 bits per heavy atom. The SMILES string of the molecule is C=CC.C=CC.C=CC.CC(C)OC(=O)CCCCC(=O)OC(C)C.CC(O)COC(C)COC(C)CO.CC(O)COC(C)COC(C)CO.CC(O)COC(C)COC(C)CO.COC.COC.COC.COC. The zero-order chi connectivity index (χ0) is 62.3. The van der Waals surface area contributed by atoms with Gasteiger partial charge in [-0.15, -0.1) is 19.7 Å². The Labute approximate surface area is 465 Å². The van der Waals surface area contributed by atoms with Crippen LogP contribution in [-0.2, 0) is 66.4 Å². The first-order chi connectivity index (χ1) is 35.5. The number of esters is 2. The van der Waals surface area contributed by atoms with Crippen molar-refractivity contribution in [1.82, 2.24) is 0 Å². The van der Waals surface area contributed by atoms with Gasteiger partial charge in [-0.05, 0) is 124 Å². The van der Waals surface area contributed by atoms with Crippen molar-refractivity contribution in [3.8, 4) is 0 Å². The van der Waals surface area contributed by atoms with Crippen molar-refractivity contribution in [2.75, 3.05) is 116 Å². The standard InChI is InChI=1S/C12H22O4.3C9H20O4.3C3H6.4C2H6O/c1-9(2)15-11(13)7-5-6-8-12(14)16-10(3)4;3*1-7(11)5-12-9(3)6-13-8(2)4-10;7*1-3-2/h9-10H,5-8H2,1-4H3;3*7-11H,4-6H2,1-3H3;3*3H,1H2,2H3;4*1-2H3. The van der Waals surface area contributed by atoms with Crippen LogP contribution in [0.1, 0.15) is 136 Å². The smallest absolute Gasteiger partial charge is 0.306 e. The number of carbonyl (C=O) groups excluding carboxylic acids is 2. The molecule has 20 nitrogen and oxygen atoms in total. The predicted octanol–water partition coefficient (Wildman–Crippen LogP) is 7.59. The molecule has 6 N–H and O–H groups in total. The van der Waals surface area contributed by atoms with Crippen LogP contribution >= 0.6 is 0 Å². The van der Waals surface area contributed by atoms with Crippen LogP contribution in [0.2, 0.25) is 0 Å². The molecule has 9 atom stereocenters. The summed E-state index contributed by atoms with van der Waals surface area (Å²) >= 11 is 0. The van der Waals surface area contributed by atoms with Crippen LogP contribution in [0.15, 0.2) is 38.0 Å². The maximum Gasteiger partial charge on any atom is 0.306 e. The molecule has 0 aromatic carbocycles. The normalized spacial score (nSPS) is 13.1. The van der Waals surface area contributed by atoms with Crippen molar-refractivity contribution in [1.29, 1.82) is 0 Å². The van der Waals surface area contributed by atoms with E-state index in [0.717, 1.165) is 0 Å². The molecule has 0 radical (unpaired) electrons. The summed E-state index contributed by atoms with van der Waals surface area (Å²) in [7, 11) is 13.0. The lowest BCUT2D eigenvalue weighted by Gasteiger charge is -2.16. The summed E-state index contributed by atoms with van der Waals surface area (Å²) in [6, 6.07) is 0. The summed E-state index contributed by atoms with van der Waals surface area (Å²) in [4.78, 5) is 22.3. The minimum absolute atomic E-state index is 0.0170. The Hall–Kier alpha value is -2.48. The quantitative estimate of drug-likeness (QED) is 0.0250. The van der Waals surface area contributed by atoms with Crippen LogP contribution in [-0.4, -0.2) is 226 Å². The van der Waals surface area contributed by atoms with E-state index in [1.54, 1.807) is 117 Å². The molecule has 76 heavy (non-hydrogen) atoms. The Kier molecular flexibility index (Phi) is 116. The molecule has 0 aromatic rings. The number of aliphatic hydroxyl groups is 6. The first-order valence-electron chi connectivity index (χ1n) is 25.8. The minimum atomic E-state index is -0.447. The molecule has 0 saturated heterocycles. The molecule has 9 unspecified atom stereocenters. The van der Waals surface area contributed by atoms with E-state index in [-0.39, 0.29) is 80.6 Å². The third-order valence-electron chi connectivity index (χ3n) is 6.23. The molecular formula is C56H124O20. The van der Waals surface area contributed by atoms with Crippen LogP contribution in [0, 0.1) is 0 Å². The van der Waals surface area contributed by atoms with Crippen molar-refractivity contribution in [3.05, 3.63) is 38.0 Å². The average molecular weight is 1120 g/mol. The summed E-state index contributed by atoms with van der Waals surface area (Å²) in [5.74, 6) is -0.403. The topological polar surface area (TPSA) is 266 Å². The molecule has 20 heteroatoms. The Morgan fingerprint density at radius 1 is 0.368 bits per heavy atom. The largest absolute Gasteiger partial charge is 0.463 e. The zero-order valence-corrected chi connectivity index (χ0v) is 52.8. The van der Waals surface area contributed by atoms with Crippen LogP contribution < -0.4 is 0 Å². The van der Waals surface area contributed by atoms with E-state index in [0.29, 0.717) is 65.3 Å². The van der Waals surface area contributed by atoms with Gasteiger partial charge in [-0.1, -0.05) is 18.2 Å². The highest BCUT2D eigenvalue weighted by atomic mass is 16.6. The van der Waals surface area contributed by atoms with Gasteiger partial charge in [0.15, 0.2) is 0 Å². The Balaban J connectivity index is -0.0000000732. The third-order valence-corrected chi connectivity index (χ3v) is 6.23. The molecule has 0 aliphatic rings. The molecule has 0 rings (SSSR count). The summed E-state index contributed by atoms with van der Waals surface area (Å²) in [5.41, 5.74) is 0. The summed E-state index contributed by atoms with van der Waals surface area (Å²) in [6.45, 7) is 41.3. The fourth-order valence-electron chi connectivity index (χ4n) is 3.29. The molecule has 0 bridgehead atoms. The molecule has 0 amide bonds. The number of allylic oxidation sites excluding steroid dienone is 3. The summed E-state index contributed by atoms with van der Waals surface area (Å²) < 4.78 is 58.3. The van der Waals surface area contributed by atoms with Crippen molar-refractivity contribution in [3.63, 3.8) is 0 Å². The monoisotopic (exact) mass is 1120 g/mol. The second-order valence-electron chi connectivity index (χ2n) is 17.1. The maximum atomic E-state index is 11.1. The lowest BCUT2D eigenvalue weighted by molar-refractivity contribution is -0.149. The van der Waals surface area contributed by atoms with E-state index in [1.165, 1.54) is 0 Å². The number of carbonyl (C=O) groups is 2. The van der Waals surface area contributed by atoms with Gasteiger partial charge in [0.2, 0.25) is 0 Å². The van der Waals surface area contributed by atoms with E-state index >= 15 is 0 Å². The second kappa shape index (κ2) is 89.1. The lowest BCUT2D eigenvalue weighted by Crippen LogP contribution is -2.24. The predicted molar refractivity (Wildman–Crippen MR) is 309 cm³/mol. The summed E-state index contributed by atoms with van der Waals surface area (Å²) in [6.07, 6.45) is 5.21. The number of methoxy groups -OCH3 is 4. The van der Waals surface area contributed by atoms with Gasteiger partial charge in [0.25, 0.3) is 0 Å². The highest BCUT2D eigenvalue weighted by Crippen LogP contribution is 2.05. The average Bonchev–Trinajstić information content (AvgIpc) is 3.33. The molecule has 0 fully saturated rings. The summed E-state index contributed by atoms with van der Waals surface area (Å²) in [5, 5.41) is 52.7. The van der Waals surface area contributed by atoms with Crippen molar-refractivity contribution >= 4 is 11.9 Å². The van der Waals surface area contributed by atoms with Crippen LogP contribution in [0.3, 0.4) is 0 Å². The van der Waals surface area contributed by atoms with E-state index in [9.17, 15) is 9.59 Å². The van der Waals surface area contributed by atoms with Crippen molar-refractivity contribution < 1.29 is 97.1 Å². The van der Waals surface area contributed by atoms with E-state index in [2.05, 4.69) is 38.7 Å². The van der Waals surface area contributed by atoms with E-state index in [4.69, 9.17) is 68.5 Å². The lowest BCUT2D eigenvalue weighted by atomic mass is 10.2. The van der Waals surface area contributed by atoms with Crippen molar-refractivity contribution in [2.45, 2.75) is 204 Å². The number of hydrogen-bond acceptors (Lipinski definition) is 20. The first-order valence-corrected chi connectivity index (χ1v) is 25.8. The van der Waals surface area contributed by atoms with Gasteiger partial charge < -0.3 is 87.5 Å². The van der Waals surface area contributed by atoms with Crippen LogP contribution in [0.4, 0.5) is 0 Å². The van der Waals surface area contributed by atoms with E-state index in [1.807, 2.05) is 69.2 Å². The number of hydrogen-bond donors (Lipinski definition) is 6. The molecule has 0 aliphatic heterocycles. The van der Waals surface area contributed by atoms with Crippen LogP contribution in [0.5, 0.6) is 0 Å². The van der Waals surface area contributed by atoms with Crippen LogP contribution in [0.25, 0.3) is 0 Å². The molecular weight excluding hydrogens is 993 g/mol. The molecule has 0 aromatic heterocycles. The number of unbranched alkanes of at least 4 members (excludes halogenated alkanes) is 1. The highest BCUT2D eigenvalue weighted by Gasteiger charge is 2.10.